The zero-order chi connectivity index (χ0) is 32.4. The number of ketones is 1. The summed E-state index contributed by atoms with van der Waals surface area (Å²) in [5.74, 6) is -7.22. The average Bonchev–Trinajstić information content (AvgIpc) is 2.85. The maximum absolute atomic E-state index is 15.4. The van der Waals surface area contributed by atoms with Gasteiger partial charge in [0, 0.05) is 24.2 Å². The SMILES string of the molecule is CC(C)(C)OCC(C(=O)O)N(CCc1cc(F)c(-n2c(N)c(C(=O)c3ccc(F)cc3F)ccc2=O)c(F)c1)C(C)(C)C. The summed E-state index contributed by atoms with van der Waals surface area (Å²) < 4.78 is 64.7. The molecule has 2 aromatic carbocycles. The van der Waals surface area contributed by atoms with Gasteiger partial charge < -0.3 is 15.6 Å². The van der Waals surface area contributed by atoms with Crippen LogP contribution in [0, 0.1) is 23.3 Å². The summed E-state index contributed by atoms with van der Waals surface area (Å²) >= 11 is 0. The molecule has 43 heavy (non-hydrogen) atoms. The highest BCUT2D eigenvalue weighted by Gasteiger charge is 2.35. The Bertz CT molecular complexity index is 1570. The van der Waals surface area contributed by atoms with E-state index >= 15 is 8.78 Å². The number of carboxylic acids is 1. The molecule has 0 aliphatic carbocycles. The molecule has 1 atom stereocenters. The third kappa shape index (κ3) is 7.88. The number of carboxylic acid groups (broad SMARTS) is 1. The molecule has 3 rings (SSSR count). The van der Waals surface area contributed by atoms with Gasteiger partial charge in [-0.25, -0.2) is 17.6 Å². The smallest absolute Gasteiger partial charge is 0.323 e. The highest BCUT2D eigenvalue weighted by atomic mass is 19.1. The van der Waals surface area contributed by atoms with Crippen LogP contribution in [0.4, 0.5) is 23.4 Å². The largest absolute Gasteiger partial charge is 0.480 e. The average molecular weight is 606 g/mol. The maximum atomic E-state index is 15.4. The Balaban J connectivity index is 1.97. The minimum absolute atomic E-state index is 0.0391. The molecule has 0 bridgehead atoms. The van der Waals surface area contributed by atoms with E-state index in [1.54, 1.807) is 25.7 Å². The highest BCUT2D eigenvalue weighted by molar-refractivity contribution is 6.11. The van der Waals surface area contributed by atoms with Gasteiger partial charge in [-0.15, -0.1) is 0 Å². The molecular weight excluding hydrogens is 570 g/mol. The van der Waals surface area contributed by atoms with Gasteiger partial charge in [-0.05, 0) is 83.9 Å². The molecule has 3 N–H and O–H groups in total. The van der Waals surface area contributed by atoms with Crippen molar-refractivity contribution in [2.45, 2.75) is 65.1 Å². The van der Waals surface area contributed by atoms with Crippen LogP contribution in [0.25, 0.3) is 5.69 Å². The van der Waals surface area contributed by atoms with Gasteiger partial charge >= 0.3 is 5.97 Å². The fourth-order valence-electron chi connectivity index (χ4n) is 4.60. The summed E-state index contributed by atoms with van der Waals surface area (Å²) in [6.45, 7) is 10.8. The van der Waals surface area contributed by atoms with E-state index < -0.39 is 80.4 Å². The molecule has 0 aliphatic heterocycles. The van der Waals surface area contributed by atoms with Crippen molar-refractivity contribution in [3.8, 4) is 5.69 Å². The van der Waals surface area contributed by atoms with Crippen molar-refractivity contribution in [2.24, 2.45) is 0 Å². The van der Waals surface area contributed by atoms with E-state index in [0.29, 0.717) is 10.6 Å². The molecule has 1 aromatic heterocycles. The lowest BCUT2D eigenvalue weighted by Gasteiger charge is -2.40. The topological polar surface area (TPSA) is 115 Å². The number of carbonyl (C=O) groups is 2. The Morgan fingerprint density at radius 2 is 1.51 bits per heavy atom. The van der Waals surface area contributed by atoms with Crippen LogP contribution in [0.3, 0.4) is 0 Å². The molecule has 232 valence electrons. The Kier molecular flexibility index (Phi) is 9.87. The molecule has 8 nitrogen and oxygen atoms in total. The Morgan fingerprint density at radius 3 is 2.02 bits per heavy atom. The van der Waals surface area contributed by atoms with Crippen LogP contribution in [0.5, 0.6) is 0 Å². The number of hydrogen-bond donors (Lipinski definition) is 2. The molecule has 0 fully saturated rings. The predicted octanol–water partition coefficient (Wildman–Crippen LogP) is 5.12. The minimum atomic E-state index is -1.18. The number of rotatable bonds is 10. The van der Waals surface area contributed by atoms with E-state index in [2.05, 4.69) is 0 Å². The molecule has 0 amide bonds. The molecule has 0 saturated heterocycles. The van der Waals surface area contributed by atoms with Gasteiger partial charge in [0.25, 0.3) is 5.56 Å². The summed E-state index contributed by atoms with van der Waals surface area (Å²) in [6, 6.07) is 5.02. The first-order chi connectivity index (χ1) is 19.8. The summed E-state index contributed by atoms with van der Waals surface area (Å²) in [6.07, 6.45) is 0.0391. The van der Waals surface area contributed by atoms with Gasteiger partial charge in [-0.3, -0.25) is 23.9 Å². The zero-order valence-corrected chi connectivity index (χ0v) is 24.8. The monoisotopic (exact) mass is 605 g/mol. The third-order valence-electron chi connectivity index (χ3n) is 6.69. The second kappa shape index (κ2) is 12.7. The standard InChI is InChI=1S/C31H35F4N3O5/c1-30(2,3)37(24(29(41)42)16-43-31(4,5)6)12-11-17-13-22(34)26(23(35)14-17)38-25(39)10-9-20(28(38)36)27(40)19-8-7-18(32)15-21(19)33/h7-10,13-15,24H,11-12,16,36H2,1-6H3,(H,41,42). The highest BCUT2D eigenvalue weighted by Crippen LogP contribution is 2.26. The number of nitrogen functional groups attached to an aromatic ring is 1. The number of ether oxygens (including phenoxy) is 1. The lowest BCUT2D eigenvalue weighted by Crippen LogP contribution is -2.55. The Morgan fingerprint density at radius 1 is 0.930 bits per heavy atom. The zero-order valence-electron chi connectivity index (χ0n) is 24.8. The molecule has 0 spiro atoms. The number of nitrogens with two attached hydrogens (primary N) is 1. The summed E-state index contributed by atoms with van der Waals surface area (Å²) in [5, 5.41) is 9.92. The summed E-state index contributed by atoms with van der Waals surface area (Å²) in [4.78, 5) is 39.4. The summed E-state index contributed by atoms with van der Waals surface area (Å²) in [7, 11) is 0. The number of aromatic nitrogens is 1. The van der Waals surface area contributed by atoms with Crippen molar-refractivity contribution in [1.82, 2.24) is 9.47 Å². The van der Waals surface area contributed by atoms with E-state index in [1.165, 1.54) is 0 Å². The first-order valence-electron chi connectivity index (χ1n) is 13.4. The molecule has 3 aromatic rings. The van der Waals surface area contributed by atoms with Gasteiger partial charge in [0.05, 0.1) is 23.3 Å². The number of halogens is 4. The van der Waals surface area contributed by atoms with E-state index in [1.807, 2.05) is 20.8 Å². The van der Waals surface area contributed by atoms with Crippen LogP contribution in [0.15, 0.2) is 47.3 Å². The van der Waals surface area contributed by atoms with Crippen molar-refractivity contribution < 1.29 is 37.0 Å². The van der Waals surface area contributed by atoms with Crippen molar-refractivity contribution in [3.05, 3.63) is 92.8 Å². The number of hydrogen-bond acceptors (Lipinski definition) is 6. The number of aliphatic carboxylic acids is 1. The van der Waals surface area contributed by atoms with Gasteiger partial charge in [-0.2, -0.15) is 0 Å². The number of benzene rings is 2. The van der Waals surface area contributed by atoms with Crippen LogP contribution in [-0.4, -0.2) is 56.7 Å². The second-order valence-electron chi connectivity index (χ2n) is 12.1. The molecule has 0 saturated carbocycles. The van der Waals surface area contributed by atoms with E-state index in [9.17, 15) is 28.3 Å². The van der Waals surface area contributed by atoms with Gasteiger partial charge in [0.15, 0.2) is 17.4 Å². The van der Waals surface area contributed by atoms with E-state index in [4.69, 9.17) is 10.5 Å². The van der Waals surface area contributed by atoms with Crippen LogP contribution >= 0.6 is 0 Å². The van der Waals surface area contributed by atoms with Crippen molar-refractivity contribution in [3.63, 3.8) is 0 Å². The quantitative estimate of drug-likeness (QED) is 0.244. The normalized spacial score (nSPS) is 12.9. The second-order valence-corrected chi connectivity index (χ2v) is 12.1. The molecule has 1 heterocycles. The summed E-state index contributed by atoms with van der Waals surface area (Å²) in [5.41, 5.74) is 2.16. The number of pyridine rings is 1. The first kappa shape index (κ1) is 33.5. The minimum Gasteiger partial charge on any atom is -0.480 e. The fourth-order valence-corrected chi connectivity index (χ4v) is 4.60. The van der Waals surface area contributed by atoms with Crippen molar-refractivity contribution in [1.29, 1.82) is 0 Å². The van der Waals surface area contributed by atoms with Gasteiger partial charge in [0.2, 0.25) is 0 Å². The molecular formula is C31H35F4N3O5. The lowest BCUT2D eigenvalue weighted by atomic mass is 10.0. The van der Waals surface area contributed by atoms with E-state index in [-0.39, 0.29) is 25.1 Å². The van der Waals surface area contributed by atoms with Crippen molar-refractivity contribution in [2.75, 3.05) is 18.9 Å². The maximum Gasteiger partial charge on any atom is 0.323 e. The number of nitrogens with zero attached hydrogens (tertiary/aromatic N) is 2. The first-order valence-corrected chi connectivity index (χ1v) is 13.4. The van der Waals surface area contributed by atoms with Crippen LogP contribution in [-0.2, 0) is 16.0 Å². The third-order valence-corrected chi connectivity index (χ3v) is 6.69. The predicted molar refractivity (Wildman–Crippen MR) is 153 cm³/mol. The molecule has 0 aliphatic rings. The van der Waals surface area contributed by atoms with Crippen LogP contribution in [0.2, 0.25) is 0 Å². The molecule has 1 unspecified atom stereocenters. The van der Waals surface area contributed by atoms with Crippen LogP contribution in [0.1, 0.15) is 63.0 Å². The van der Waals surface area contributed by atoms with Gasteiger partial charge in [0.1, 0.15) is 29.2 Å². The fraction of sp³-hybridized carbons (Fsp3) is 0.387. The molecule has 0 radical (unpaired) electrons. The Hall–Kier alpha value is -4.03. The Labute approximate surface area is 246 Å². The number of carbonyl (C=O) groups excluding carboxylic acids is 1. The van der Waals surface area contributed by atoms with Gasteiger partial charge in [-0.1, -0.05) is 0 Å². The van der Waals surface area contributed by atoms with Crippen LogP contribution < -0.4 is 11.3 Å². The van der Waals surface area contributed by atoms with Crippen molar-refractivity contribution >= 4 is 17.6 Å². The lowest BCUT2D eigenvalue weighted by molar-refractivity contribution is -0.151. The van der Waals surface area contributed by atoms with E-state index in [0.717, 1.165) is 36.4 Å². The number of anilines is 1. The molecule has 12 heteroatoms.